The third-order valence-corrected chi connectivity index (χ3v) is 10.2. The summed E-state index contributed by atoms with van der Waals surface area (Å²) in [5.41, 5.74) is 0. The van der Waals surface area contributed by atoms with Crippen LogP contribution in [0.3, 0.4) is 0 Å². The number of hydrogen-bond donors (Lipinski definition) is 0. The molecule has 0 saturated heterocycles. The molecule has 158 valence electrons. The van der Waals surface area contributed by atoms with E-state index in [9.17, 15) is 0 Å². The molecule has 0 atom stereocenters. The molecule has 0 nitrogen and oxygen atoms in total. The second-order valence-corrected chi connectivity index (χ2v) is 11.4. The molecule has 3 aromatic carbocycles. The number of hydrogen-bond acceptors (Lipinski definition) is 0. The highest BCUT2D eigenvalue weighted by atomic mass is 31.2. The number of unbranched alkanes of at least 4 members (excludes halogenated alkanes) is 3. The Balaban J connectivity index is 1.77. The first-order chi connectivity index (χ1) is 15.4. The first-order valence-corrected chi connectivity index (χ1v) is 13.5. The van der Waals surface area contributed by atoms with Crippen LogP contribution in [0.5, 0.6) is 0 Å². The molecule has 0 aromatic heterocycles. The quantitative estimate of drug-likeness (QED) is 0.143. The number of benzene rings is 3. The summed E-state index contributed by atoms with van der Waals surface area (Å²) in [7, 11) is -1.66. The van der Waals surface area contributed by atoms with E-state index in [1.54, 1.807) is 0 Å². The second kappa shape index (κ2) is 12.9. The van der Waals surface area contributed by atoms with E-state index in [4.69, 9.17) is 0 Å². The molecule has 0 aliphatic rings. The lowest BCUT2D eigenvalue weighted by Gasteiger charge is -2.27. The predicted octanol–water partition coefficient (Wildman–Crippen LogP) is 6.90. The zero-order valence-corrected chi connectivity index (χ0v) is 19.6. The first-order valence-electron chi connectivity index (χ1n) is 11.5. The molecule has 0 aliphatic carbocycles. The summed E-state index contributed by atoms with van der Waals surface area (Å²) in [6, 6.07) is 33.6. The fourth-order valence-electron chi connectivity index (χ4n) is 4.13. The van der Waals surface area contributed by atoms with Gasteiger partial charge < -0.3 is 0 Å². The summed E-state index contributed by atoms with van der Waals surface area (Å²) >= 11 is 0. The van der Waals surface area contributed by atoms with E-state index in [1.807, 2.05) is 0 Å². The third kappa shape index (κ3) is 6.43. The van der Waals surface area contributed by atoms with Crippen LogP contribution in [0.15, 0.2) is 103 Å². The standard InChI is InChI=1S/C30H34P/c1-2-3-4-5-6-7-8-9-10-20-27-31(28-21-14-11-15-22-28,29-23-16-12-17-24-29)30-25-18-13-19-26-30/h6-7,11-19,21-26H,2,5,8-10,20,27H2,1H3/q+1. The molecule has 0 fully saturated rings. The lowest BCUT2D eigenvalue weighted by atomic mass is 10.2. The van der Waals surface area contributed by atoms with E-state index in [0.29, 0.717) is 0 Å². The zero-order chi connectivity index (χ0) is 21.6. The highest BCUT2D eigenvalue weighted by Crippen LogP contribution is 2.55. The van der Waals surface area contributed by atoms with Crippen LogP contribution < -0.4 is 15.9 Å². The van der Waals surface area contributed by atoms with Crippen molar-refractivity contribution in [2.75, 3.05) is 6.16 Å². The average molecular weight is 426 g/mol. The Hall–Kier alpha value is -2.61. The molecular weight excluding hydrogens is 391 g/mol. The Kier molecular flexibility index (Phi) is 9.63. The van der Waals surface area contributed by atoms with Gasteiger partial charge in [-0.3, -0.25) is 0 Å². The van der Waals surface area contributed by atoms with Crippen LogP contribution in [0.1, 0.15) is 45.4 Å². The van der Waals surface area contributed by atoms with E-state index < -0.39 is 7.26 Å². The molecule has 0 N–H and O–H groups in total. The van der Waals surface area contributed by atoms with Crippen molar-refractivity contribution in [2.24, 2.45) is 0 Å². The van der Waals surface area contributed by atoms with Gasteiger partial charge in [-0.05, 0) is 62.1 Å². The molecule has 3 rings (SSSR count). The molecule has 3 aromatic rings. The lowest BCUT2D eigenvalue weighted by molar-refractivity contribution is 0.732. The maximum absolute atomic E-state index is 3.18. The minimum Gasteiger partial charge on any atom is -0.103 e. The van der Waals surface area contributed by atoms with Gasteiger partial charge in [0.1, 0.15) is 23.2 Å². The molecule has 31 heavy (non-hydrogen) atoms. The average Bonchev–Trinajstić information content (AvgIpc) is 2.84. The van der Waals surface area contributed by atoms with Gasteiger partial charge in [-0.1, -0.05) is 79.6 Å². The monoisotopic (exact) mass is 425 g/mol. The van der Waals surface area contributed by atoms with E-state index in [-0.39, 0.29) is 0 Å². The molecule has 0 amide bonds. The van der Waals surface area contributed by atoms with E-state index in [1.165, 1.54) is 41.3 Å². The zero-order valence-electron chi connectivity index (χ0n) is 18.7. The molecule has 0 spiro atoms. The van der Waals surface area contributed by atoms with Gasteiger partial charge in [-0.15, -0.1) is 5.92 Å². The smallest absolute Gasteiger partial charge is 0.103 e. The molecule has 0 unspecified atom stereocenters. The van der Waals surface area contributed by atoms with Crippen LogP contribution >= 0.6 is 7.26 Å². The van der Waals surface area contributed by atoms with Gasteiger partial charge in [0, 0.05) is 12.8 Å². The molecular formula is C30H34P+. The summed E-state index contributed by atoms with van der Waals surface area (Å²) in [5, 5.41) is 4.46. The third-order valence-electron chi connectivity index (χ3n) is 5.64. The summed E-state index contributed by atoms with van der Waals surface area (Å²) in [5.74, 6) is 6.30. The normalized spacial score (nSPS) is 11.3. The fraction of sp³-hybridized carbons (Fsp3) is 0.267. The van der Waals surface area contributed by atoms with Crippen LogP contribution in [0.4, 0.5) is 0 Å². The summed E-state index contributed by atoms with van der Waals surface area (Å²) in [6.07, 6.45) is 12.5. The number of rotatable bonds is 10. The minimum atomic E-state index is -1.66. The van der Waals surface area contributed by atoms with Crippen molar-refractivity contribution in [1.29, 1.82) is 0 Å². The molecule has 0 radical (unpaired) electrons. The molecule has 1 heteroatoms. The highest BCUT2D eigenvalue weighted by Gasteiger charge is 2.44. The minimum absolute atomic E-state index is 0.887. The summed E-state index contributed by atoms with van der Waals surface area (Å²) in [4.78, 5) is 0. The Bertz CT molecular complexity index is 866. The predicted molar refractivity (Wildman–Crippen MR) is 140 cm³/mol. The summed E-state index contributed by atoms with van der Waals surface area (Å²) < 4.78 is 0. The van der Waals surface area contributed by atoms with Crippen molar-refractivity contribution in [2.45, 2.75) is 45.4 Å². The van der Waals surface area contributed by atoms with Gasteiger partial charge in [0.2, 0.25) is 0 Å². The van der Waals surface area contributed by atoms with Gasteiger partial charge in [0.05, 0.1) is 6.16 Å². The molecule has 0 aliphatic heterocycles. The summed E-state index contributed by atoms with van der Waals surface area (Å²) in [6.45, 7) is 2.10. The Morgan fingerprint density at radius 3 is 1.61 bits per heavy atom. The van der Waals surface area contributed by atoms with Gasteiger partial charge >= 0.3 is 0 Å². The van der Waals surface area contributed by atoms with E-state index >= 15 is 0 Å². The maximum Gasteiger partial charge on any atom is 0.112 e. The second-order valence-electron chi connectivity index (χ2n) is 7.77. The Labute approximate surface area is 189 Å². The largest absolute Gasteiger partial charge is 0.112 e. The van der Waals surface area contributed by atoms with E-state index in [2.05, 4.69) is 122 Å². The van der Waals surface area contributed by atoms with Crippen molar-refractivity contribution in [3.63, 3.8) is 0 Å². The van der Waals surface area contributed by atoms with Gasteiger partial charge in [-0.2, -0.15) is 0 Å². The lowest BCUT2D eigenvalue weighted by Crippen LogP contribution is -2.33. The van der Waals surface area contributed by atoms with E-state index in [0.717, 1.165) is 19.3 Å². The van der Waals surface area contributed by atoms with Crippen molar-refractivity contribution < 1.29 is 0 Å². The van der Waals surface area contributed by atoms with Gasteiger partial charge in [0.15, 0.2) is 0 Å². The molecule has 0 saturated carbocycles. The van der Waals surface area contributed by atoms with Crippen LogP contribution in [0, 0.1) is 11.8 Å². The fourth-order valence-corrected chi connectivity index (χ4v) is 8.54. The SMILES string of the molecule is CCC#CCC=CCCCCC[P+](c1ccccc1)(c1ccccc1)c1ccccc1. The van der Waals surface area contributed by atoms with Crippen LogP contribution in [-0.2, 0) is 0 Å². The van der Waals surface area contributed by atoms with Crippen molar-refractivity contribution >= 4 is 23.2 Å². The van der Waals surface area contributed by atoms with Crippen LogP contribution in [-0.4, -0.2) is 6.16 Å². The van der Waals surface area contributed by atoms with Crippen molar-refractivity contribution in [3.05, 3.63) is 103 Å². The van der Waals surface area contributed by atoms with Crippen molar-refractivity contribution in [1.82, 2.24) is 0 Å². The topological polar surface area (TPSA) is 0 Å². The van der Waals surface area contributed by atoms with Crippen molar-refractivity contribution in [3.8, 4) is 11.8 Å². The Morgan fingerprint density at radius 2 is 1.13 bits per heavy atom. The Morgan fingerprint density at radius 1 is 0.613 bits per heavy atom. The first kappa shape index (κ1) is 23.1. The van der Waals surface area contributed by atoms with Crippen LogP contribution in [0.25, 0.3) is 0 Å². The molecule has 0 bridgehead atoms. The van der Waals surface area contributed by atoms with Crippen LogP contribution in [0.2, 0.25) is 0 Å². The molecule has 0 heterocycles. The highest BCUT2D eigenvalue weighted by molar-refractivity contribution is 7.95. The maximum atomic E-state index is 3.18. The van der Waals surface area contributed by atoms with Gasteiger partial charge in [-0.25, -0.2) is 0 Å². The number of allylic oxidation sites excluding steroid dienone is 2. The van der Waals surface area contributed by atoms with Gasteiger partial charge in [0.25, 0.3) is 0 Å².